The van der Waals surface area contributed by atoms with Gasteiger partial charge in [0, 0.05) is 46.5 Å². The second-order valence-corrected chi connectivity index (χ2v) is 7.58. The summed E-state index contributed by atoms with van der Waals surface area (Å²) in [5, 5.41) is 0. The van der Waals surface area contributed by atoms with Crippen molar-refractivity contribution in [1.29, 1.82) is 0 Å². The molecular weight excluding hydrogens is 412 g/mol. The summed E-state index contributed by atoms with van der Waals surface area (Å²) in [5.74, 6) is 0.00307. The lowest BCUT2D eigenvalue weighted by Crippen LogP contribution is -2.53. The van der Waals surface area contributed by atoms with Crippen LogP contribution in [0.1, 0.15) is 10.5 Å². The number of nitrogens with zero attached hydrogens (tertiary/aromatic N) is 6. The Hall–Kier alpha value is -3.95. The van der Waals surface area contributed by atoms with E-state index in [4.69, 9.17) is 4.74 Å². The van der Waals surface area contributed by atoms with Gasteiger partial charge in [0.15, 0.2) is 11.3 Å². The number of benzene rings is 1. The fourth-order valence-electron chi connectivity index (χ4n) is 3.73. The Bertz CT molecular complexity index is 1230. The number of piperazine rings is 1. The van der Waals surface area contributed by atoms with E-state index < -0.39 is 11.5 Å². The molecule has 3 amide bonds. The summed E-state index contributed by atoms with van der Waals surface area (Å²) < 4.78 is 6.79. The number of para-hydroxylation sites is 2. The van der Waals surface area contributed by atoms with Crippen LogP contribution in [-0.4, -0.2) is 88.6 Å². The van der Waals surface area contributed by atoms with Crippen molar-refractivity contribution in [1.82, 2.24) is 29.2 Å². The second-order valence-electron chi connectivity index (χ2n) is 7.58. The van der Waals surface area contributed by atoms with Crippen LogP contribution >= 0.6 is 0 Å². The van der Waals surface area contributed by atoms with E-state index in [-0.39, 0.29) is 11.7 Å². The lowest BCUT2D eigenvalue weighted by Gasteiger charge is -2.35. The molecule has 10 nitrogen and oxygen atoms in total. The summed E-state index contributed by atoms with van der Waals surface area (Å²) in [6.07, 6.45) is 1.57. The van der Waals surface area contributed by atoms with Gasteiger partial charge in [-0.05, 0) is 24.3 Å². The largest absolute Gasteiger partial charge is 0.495 e. The molecule has 1 aliphatic rings. The number of hydrogen-bond acceptors (Lipinski definition) is 6. The standard InChI is InChI=1S/C22H24N6O4/c1-25(2)22(31)27-13-11-26(12-14-27)20(29)18-21(30)28(16-8-4-5-9-17(16)32-3)19-15(24-18)7-6-10-23-19/h4-10H,11-14H2,1-3H3. The monoisotopic (exact) mass is 436 g/mol. The summed E-state index contributed by atoms with van der Waals surface area (Å²) in [7, 11) is 4.89. The number of hydrogen-bond donors (Lipinski definition) is 0. The molecule has 0 bridgehead atoms. The van der Waals surface area contributed by atoms with E-state index in [1.807, 2.05) is 0 Å². The highest BCUT2D eigenvalue weighted by Gasteiger charge is 2.29. The highest BCUT2D eigenvalue weighted by atomic mass is 16.5. The van der Waals surface area contributed by atoms with Gasteiger partial charge in [0.25, 0.3) is 11.5 Å². The van der Waals surface area contributed by atoms with E-state index >= 15 is 0 Å². The minimum Gasteiger partial charge on any atom is -0.495 e. The number of aromatic nitrogens is 3. The average Bonchev–Trinajstić information content (AvgIpc) is 2.83. The van der Waals surface area contributed by atoms with Gasteiger partial charge < -0.3 is 19.4 Å². The average molecular weight is 436 g/mol. The van der Waals surface area contributed by atoms with E-state index in [1.165, 1.54) is 16.6 Å². The predicted molar refractivity (Wildman–Crippen MR) is 118 cm³/mol. The zero-order chi connectivity index (χ0) is 22.8. The molecule has 10 heteroatoms. The highest BCUT2D eigenvalue weighted by Crippen LogP contribution is 2.23. The molecule has 166 valence electrons. The molecule has 2 aromatic heterocycles. The number of carbonyl (C=O) groups excluding carboxylic acids is 2. The summed E-state index contributed by atoms with van der Waals surface area (Å²) in [5.41, 5.74) is 0.463. The molecule has 1 saturated heterocycles. The SMILES string of the molecule is COc1ccccc1-n1c(=O)c(C(=O)N2CCN(C(=O)N(C)C)CC2)nc2cccnc21. The van der Waals surface area contributed by atoms with Crippen LogP contribution in [0.3, 0.4) is 0 Å². The number of urea groups is 1. The third-order valence-electron chi connectivity index (χ3n) is 5.36. The van der Waals surface area contributed by atoms with Crippen molar-refractivity contribution in [3.63, 3.8) is 0 Å². The van der Waals surface area contributed by atoms with Crippen LogP contribution in [0.25, 0.3) is 16.9 Å². The van der Waals surface area contributed by atoms with Crippen LogP contribution in [0, 0.1) is 0 Å². The first kappa shape index (κ1) is 21.3. The van der Waals surface area contributed by atoms with Gasteiger partial charge in [-0.25, -0.2) is 14.8 Å². The number of pyridine rings is 1. The summed E-state index contributed by atoms with van der Waals surface area (Å²) >= 11 is 0. The molecule has 1 fully saturated rings. The quantitative estimate of drug-likeness (QED) is 0.612. The first-order valence-corrected chi connectivity index (χ1v) is 10.2. The maximum atomic E-state index is 13.5. The van der Waals surface area contributed by atoms with E-state index in [0.29, 0.717) is 48.8 Å². The zero-order valence-electron chi connectivity index (χ0n) is 18.2. The van der Waals surface area contributed by atoms with Gasteiger partial charge in [-0.3, -0.25) is 14.2 Å². The van der Waals surface area contributed by atoms with Gasteiger partial charge in [0.05, 0.1) is 12.8 Å². The number of carbonyl (C=O) groups is 2. The first-order valence-electron chi connectivity index (χ1n) is 10.2. The Morgan fingerprint density at radius 3 is 2.38 bits per heavy atom. The molecule has 0 spiro atoms. The van der Waals surface area contributed by atoms with Crippen LogP contribution in [0.15, 0.2) is 47.4 Å². The van der Waals surface area contributed by atoms with Crippen molar-refractivity contribution in [2.75, 3.05) is 47.4 Å². The molecule has 0 unspecified atom stereocenters. The molecule has 0 atom stereocenters. The van der Waals surface area contributed by atoms with Gasteiger partial charge in [-0.2, -0.15) is 0 Å². The lowest BCUT2D eigenvalue weighted by molar-refractivity contribution is 0.0643. The fraction of sp³-hybridized carbons (Fsp3) is 0.318. The molecule has 3 heterocycles. The fourth-order valence-corrected chi connectivity index (χ4v) is 3.73. The Balaban J connectivity index is 1.75. The first-order chi connectivity index (χ1) is 15.4. The van der Waals surface area contributed by atoms with Crippen molar-refractivity contribution in [3.05, 3.63) is 58.6 Å². The minimum atomic E-state index is -0.572. The number of fused-ring (bicyclic) bond motifs is 1. The van der Waals surface area contributed by atoms with Crippen LogP contribution in [0.5, 0.6) is 5.75 Å². The summed E-state index contributed by atoms with van der Waals surface area (Å²) in [6.45, 7) is 1.41. The van der Waals surface area contributed by atoms with Gasteiger partial charge in [0.1, 0.15) is 11.3 Å². The summed E-state index contributed by atoms with van der Waals surface area (Å²) in [4.78, 5) is 52.4. The Morgan fingerprint density at radius 2 is 1.69 bits per heavy atom. The van der Waals surface area contributed by atoms with Crippen molar-refractivity contribution in [2.24, 2.45) is 0 Å². The molecule has 0 radical (unpaired) electrons. The number of rotatable bonds is 3. The molecule has 32 heavy (non-hydrogen) atoms. The van der Waals surface area contributed by atoms with E-state index in [9.17, 15) is 14.4 Å². The maximum absolute atomic E-state index is 13.5. The Kier molecular flexibility index (Phi) is 5.76. The Morgan fingerprint density at radius 1 is 1.00 bits per heavy atom. The summed E-state index contributed by atoms with van der Waals surface area (Å²) in [6, 6.07) is 10.3. The number of amides is 3. The van der Waals surface area contributed by atoms with Crippen LogP contribution in [0.2, 0.25) is 0 Å². The molecule has 3 aromatic rings. The molecule has 4 rings (SSSR count). The third-order valence-corrected chi connectivity index (χ3v) is 5.36. The normalized spacial score (nSPS) is 13.8. The van der Waals surface area contributed by atoms with Gasteiger partial charge >= 0.3 is 6.03 Å². The highest BCUT2D eigenvalue weighted by molar-refractivity contribution is 5.94. The zero-order valence-corrected chi connectivity index (χ0v) is 18.2. The van der Waals surface area contributed by atoms with Crippen LogP contribution < -0.4 is 10.3 Å². The topological polar surface area (TPSA) is 101 Å². The van der Waals surface area contributed by atoms with Gasteiger partial charge in [-0.1, -0.05) is 12.1 Å². The Labute approximate surface area is 184 Å². The van der Waals surface area contributed by atoms with Gasteiger partial charge in [0.2, 0.25) is 0 Å². The van der Waals surface area contributed by atoms with Crippen molar-refractivity contribution < 1.29 is 14.3 Å². The molecule has 1 aromatic carbocycles. The predicted octanol–water partition coefficient (Wildman–Crippen LogP) is 1.23. The number of ether oxygens (including phenoxy) is 1. The second kappa shape index (κ2) is 8.66. The third kappa shape index (κ3) is 3.75. The number of methoxy groups -OCH3 is 1. The van der Waals surface area contributed by atoms with Crippen LogP contribution in [0.4, 0.5) is 4.79 Å². The van der Waals surface area contributed by atoms with E-state index in [0.717, 1.165) is 0 Å². The molecule has 1 aliphatic heterocycles. The molecule has 0 saturated carbocycles. The smallest absolute Gasteiger partial charge is 0.319 e. The molecule has 0 N–H and O–H groups in total. The molecule has 0 aliphatic carbocycles. The van der Waals surface area contributed by atoms with E-state index in [2.05, 4.69) is 9.97 Å². The van der Waals surface area contributed by atoms with Crippen molar-refractivity contribution >= 4 is 23.1 Å². The van der Waals surface area contributed by atoms with Crippen molar-refractivity contribution in [2.45, 2.75) is 0 Å². The van der Waals surface area contributed by atoms with E-state index in [1.54, 1.807) is 66.5 Å². The lowest BCUT2D eigenvalue weighted by atomic mass is 10.2. The minimum absolute atomic E-state index is 0.106. The van der Waals surface area contributed by atoms with Gasteiger partial charge in [-0.15, -0.1) is 0 Å². The maximum Gasteiger partial charge on any atom is 0.319 e. The molecular formula is C22H24N6O4. The van der Waals surface area contributed by atoms with Crippen LogP contribution in [-0.2, 0) is 0 Å². The van der Waals surface area contributed by atoms with Crippen molar-refractivity contribution in [3.8, 4) is 11.4 Å².